The van der Waals surface area contributed by atoms with Crippen molar-refractivity contribution in [2.24, 2.45) is 5.41 Å². The Morgan fingerprint density at radius 2 is 1.81 bits per heavy atom. The molecular weight excluding hydrogens is 338 g/mol. The van der Waals surface area contributed by atoms with Crippen LogP contribution >= 0.6 is 0 Å². The summed E-state index contributed by atoms with van der Waals surface area (Å²) < 4.78 is 0. The van der Waals surface area contributed by atoms with Crippen LogP contribution in [0.5, 0.6) is 0 Å². The molecule has 0 saturated heterocycles. The molecule has 0 aromatic heterocycles. The SMILES string of the molecule is CC(=O)N1CCc2c(NC(=O)N[C@@H]3[C@@H](c4ccccc4)C3(C)C)cccc21. The summed E-state index contributed by atoms with van der Waals surface area (Å²) >= 11 is 0. The quantitative estimate of drug-likeness (QED) is 0.868. The van der Waals surface area contributed by atoms with Crippen molar-refractivity contribution in [1.29, 1.82) is 0 Å². The first-order valence-electron chi connectivity index (χ1n) is 9.42. The molecule has 0 unspecified atom stereocenters. The molecule has 2 aromatic carbocycles. The zero-order valence-electron chi connectivity index (χ0n) is 16.0. The predicted octanol–water partition coefficient (Wildman–Crippen LogP) is 3.91. The molecule has 4 rings (SSSR count). The number of anilines is 2. The summed E-state index contributed by atoms with van der Waals surface area (Å²) in [5.74, 6) is 0.347. The van der Waals surface area contributed by atoms with E-state index in [2.05, 4.69) is 36.6 Å². The lowest BCUT2D eigenvalue weighted by Crippen LogP contribution is -2.33. The van der Waals surface area contributed by atoms with Gasteiger partial charge in [-0.25, -0.2) is 4.79 Å². The smallest absolute Gasteiger partial charge is 0.319 e. The third-order valence-corrected chi connectivity index (χ3v) is 5.93. The number of rotatable bonds is 3. The number of hydrogen-bond donors (Lipinski definition) is 2. The van der Waals surface area contributed by atoms with Gasteiger partial charge in [-0.1, -0.05) is 50.2 Å². The van der Waals surface area contributed by atoms with Gasteiger partial charge in [0.05, 0.1) is 0 Å². The van der Waals surface area contributed by atoms with Crippen LogP contribution in [0.4, 0.5) is 16.2 Å². The first-order valence-corrected chi connectivity index (χ1v) is 9.42. The second-order valence-electron chi connectivity index (χ2n) is 8.01. The first kappa shape index (κ1) is 17.6. The van der Waals surface area contributed by atoms with E-state index in [4.69, 9.17) is 0 Å². The molecule has 0 bridgehead atoms. The average Bonchev–Trinajstić information content (AvgIpc) is 2.97. The lowest BCUT2D eigenvalue weighted by atomic mass is 10.0. The van der Waals surface area contributed by atoms with Crippen LogP contribution in [0.3, 0.4) is 0 Å². The van der Waals surface area contributed by atoms with Gasteiger partial charge in [-0.05, 0) is 29.5 Å². The molecule has 2 N–H and O–H groups in total. The van der Waals surface area contributed by atoms with Crippen molar-refractivity contribution < 1.29 is 9.59 Å². The molecule has 3 amide bonds. The molecule has 1 aliphatic heterocycles. The summed E-state index contributed by atoms with van der Waals surface area (Å²) in [4.78, 5) is 26.2. The second kappa shape index (κ2) is 6.41. The normalized spacial score (nSPS) is 22.1. The number of nitrogens with one attached hydrogen (secondary N) is 2. The van der Waals surface area contributed by atoms with Crippen LogP contribution in [0.15, 0.2) is 48.5 Å². The number of benzene rings is 2. The summed E-state index contributed by atoms with van der Waals surface area (Å²) in [6, 6.07) is 15.9. The van der Waals surface area contributed by atoms with Crippen molar-refractivity contribution in [3.8, 4) is 0 Å². The van der Waals surface area contributed by atoms with Gasteiger partial charge in [0, 0.05) is 42.4 Å². The molecule has 5 heteroatoms. The number of urea groups is 1. The lowest BCUT2D eigenvalue weighted by Gasteiger charge is -2.16. The summed E-state index contributed by atoms with van der Waals surface area (Å²) in [7, 11) is 0. The molecule has 1 saturated carbocycles. The molecule has 5 nitrogen and oxygen atoms in total. The highest BCUT2D eigenvalue weighted by Crippen LogP contribution is 2.58. The Morgan fingerprint density at radius 3 is 2.52 bits per heavy atom. The molecule has 1 heterocycles. The van der Waals surface area contributed by atoms with Crippen molar-refractivity contribution >= 4 is 23.3 Å². The van der Waals surface area contributed by atoms with Gasteiger partial charge >= 0.3 is 6.03 Å². The van der Waals surface area contributed by atoms with Gasteiger partial charge in [0.1, 0.15) is 0 Å². The molecule has 1 fully saturated rings. The molecule has 2 atom stereocenters. The van der Waals surface area contributed by atoms with Gasteiger partial charge in [-0.15, -0.1) is 0 Å². The topological polar surface area (TPSA) is 61.4 Å². The highest BCUT2D eigenvalue weighted by molar-refractivity contribution is 5.97. The van der Waals surface area contributed by atoms with Crippen molar-refractivity contribution in [1.82, 2.24) is 5.32 Å². The van der Waals surface area contributed by atoms with E-state index in [9.17, 15) is 9.59 Å². The van der Waals surface area contributed by atoms with E-state index >= 15 is 0 Å². The minimum absolute atomic E-state index is 0.0285. The minimum Gasteiger partial charge on any atom is -0.334 e. The van der Waals surface area contributed by atoms with E-state index in [-0.39, 0.29) is 23.4 Å². The van der Waals surface area contributed by atoms with E-state index in [1.54, 1.807) is 11.8 Å². The fourth-order valence-electron chi connectivity index (χ4n) is 4.37. The zero-order valence-corrected chi connectivity index (χ0v) is 16.0. The fourth-order valence-corrected chi connectivity index (χ4v) is 4.37. The van der Waals surface area contributed by atoms with Gasteiger partial charge < -0.3 is 15.5 Å². The zero-order chi connectivity index (χ0) is 19.2. The fraction of sp³-hybridized carbons (Fsp3) is 0.364. The van der Waals surface area contributed by atoms with Crippen molar-refractivity contribution in [3.63, 3.8) is 0 Å². The van der Waals surface area contributed by atoms with Crippen molar-refractivity contribution in [2.45, 2.75) is 39.2 Å². The van der Waals surface area contributed by atoms with Gasteiger partial charge in [-0.2, -0.15) is 0 Å². The Bertz CT molecular complexity index is 892. The minimum atomic E-state index is -0.193. The number of nitrogens with zero attached hydrogens (tertiary/aromatic N) is 1. The Balaban J connectivity index is 1.46. The highest BCUT2D eigenvalue weighted by Gasteiger charge is 2.59. The van der Waals surface area contributed by atoms with Crippen molar-refractivity contribution in [3.05, 3.63) is 59.7 Å². The van der Waals surface area contributed by atoms with E-state index < -0.39 is 0 Å². The van der Waals surface area contributed by atoms with Crippen LogP contribution in [-0.4, -0.2) is 24.5 Å². The standard InChI is InChI=1S/C22H25N3O2/c1-14(26)25-13-12-16-17(10-7-11-18(16)25)23-21(27)24-20-19(22(20,2)3)15-8-5-4-6-9-15/h4-11,19-20H,12-13H2,1-3H3,(H2,23,24,27)/t19-,20-/m1/s1. The van der Waals surface area contributed by atoms with E-state index in [1.807, 2.05) is 36.4 Å². The molecule has 140 valence electrons. The molecule has 27 heavy (non-hydrogen) atoms. The number of carbonyl (C=O) groups excluding carboxylic acids is 2. The Kier molecular flexibility index (Phi) is 4.17. The maximum Gasteiger partial charge on any atom is 0.319 e. The van der Waals surface area contributed by atoms with Crippen LogP contribution in [0.2, 0.25) is 0 Å². The number of hydrogen-bond acceptors (Lipinski definition) is 2. The van der Waals surface area contributed by atoms with Gasteiger partial charge in [0.25, 0.3) is 0 Å². The summed E-state index contributed by atoms with van der Waals surface area (Å²) in [5.41, 5.74) is 3.99. The van der Waals surface area contributed by atoms with E-state index in [1.165, 1.54) is 5.56 Å². The van der Waals surface area contributed by atoms with Gasteiger partial charge in [0.15, 0.2) is 0 Å². The van der Waals surface area contributed by atoms with Crippen LogP contribution < -0.4 is 15.5 Å². The number of carbonyl (C=O) groups is 2. The Labute approximate surface area is 159 Å². The summed E-state index contributed by atoms with van der Waals surface area (Å²) in [5, 5.41) is 6.13. The predicted molar refractivity (Wildman–Crippen MR) is 107 cm³/mol. The van der Waals surface area contributed by atoms with Gasteiger partial charge in [-0.3, -0.25) is 4.79 Å². The second-order valence-corrected chi connectivity index (χ2v) is 8.01. The first-order chi connectivity index (χ1) is 12.9. The highest BCUT2D eigenvalue weighted by atomic mass is 16.2. The van der Waals surface area contributed by atoms with Gasteiger partial charge in [0.2, 0.25) is 5.91 Å². The third-order valence-electron chi connectivity index (χ3n) is 5.93. The van der Waals surface area contributed by atoms with Crippen molar-refractivity contribution in [2.75, 3.05) is 16.8 Å². The summed E-state index contributed by atoms with van der Waals surface area (Å²) in [6.07, 6.45) is 0.757. The van der Waals surface area contributed by atoms with Crippen LogP contribution in [0.25, 0.3) is 0 Å². The van der Waals surface area contributed by atoms with E-state index in [0.29, 0.717) is 12.5 Å². The maximum absolute atomic E-state index is 12.6. The van der Waals surface area contributed by atoms with Crippen LogP contribution in [0.1, 0.15) is 37.8 Å². The Hall–Kier alpha value is -2.82. The third kappa shape index (κ3) is 3.07. The largest absolute Gasteiger partial charge is 0.334 e. The Morgan fingerprint density at radius 1 is 1.07 bits per heavy atom. The molecule has 0 radical (unpaired) electrons. The lowest BCUT2D eigenvalue weighted by molar-refractivity contribution is -0.116. The summed E-state index contributed by atoms with van der Waals surface area (Å²) in [6.45, 7) is 6.60. The molecular formula is C22H25N3O2. The number of fused-ring (bicyclic) bond motifs is 1. The van der Waals surface area contributed by atoms with E-state index in [0.717, 1.165) is 23.4 Å². The van der Waals surface area contributed by atoms with Crippen LogP contribution in [0, 0.1) is 5.41 Å². The molecule has 0 spiro atoms. The van der Waals surface area contributed by atoms with Crippen LogP contribution in [-0.2, 0) is 11.2 Å². The maximum atomic E-state index is 12.6. The average molecular weight is 363 g/mol. The number of amides is 3. The molecule has 2 aliphatic rings. The molecule has 2 aromatic rings. The molecule has 1 aliphatic carbocycles. The monoisotopic (exact) mass is 363 g/mol.